The van der Waals surface area contributed by atoms with Crippen LogP contribution in [0, 0.1) is 0 Å². The summed E-state index contributed by atoms with van der Waals surface area (Å²) in [6.45, 7) is 0.948. The molecule has 0 heterocycles. The zero-order valence-electron chi connectivity index (χ0n) is 13.8. The van der Waals surface area contributed by atoms with Crippen LogP contribution in [0.15, 0.2) is 12.1 Å². The maximum atomic E-state index is 12.1. The highest BCUT2D eigenvalue weighted by molar-refractivity contribution is 5.91. The predicted octanol–water partition coefficient (Wildman–Crippen LogP) is 2.49. The molecule has 128 valence electrons. The second-order valence-electron chi connectivity index (χ2n) is 5.65. The van der Waals surface area contributed by atoms with Crippen molar-refractivity contribution in [2.24, 2.45) is 0 Å². The number of phenols is 1. The number of esters is 1. The fourth-order valence-electron chi connectivity index (χ4n) is 2.81. The number of carbonyl (C=O) groups excluding carboxylic acids is 1. The van der Waals surface area contributed by atoms with Crippen LogP contribution < -0.4 is 14.8 Å². The van der Waals surface area contributed by atoms with Gasteiger partial charge in [-0.05, 0) is 25.0 Å². The van der Waals surface area contributed by atoms with E-state index in [2.05, 4.69) is 5.32 Å². The molecule has 0 spiro atoms. The third-order valence-electron chi connectivity index (χ3n) is 4.09. The van der Waals surface area contributed by atoms with Crippen LogP contribution in [0.3, 0.4) is 0 Å². The van der Waals surface area contributed by atoms with Gasteiger partial charge < -0.3 is 24.6 Å². The molecule has 0 aliphatic heterocycles. The number of phenolic OH excluding ortho intramolecular Hbond substituents is 1. The van der Waals surface area contributed by atoms with Gasteiger partial charge >= 0.3 is 5.97 Å². The molecule has 0 aromatic heterocycles. The van der Waals surface area contributed by atoms with Crippen molar-refractivity contribution in [3.8, 4) is 17.2 Å². The summed E-state index contributed by atoms with van der Waals surface area (Å²) in [7, 11) is 2.83. The molecular weight excluding hydrogens is 298 g/mol. The maximum Gasteiger partial charge on any atom is 0.338 e. The van der Waals surface area contributed by atoms with E-state index in [4.69, 9.17) is 14.2 Å². The van der Waals surface area contributed by atoms with Gasteiger partial charge in [0.25, 0.3) is 0 Å². The smallest absolute Gasteiger partial charge is 0.338 e. The Bertz CT molecular complexity index is 501. The molecule has 1 aromatic rings. The van der Waals surface area contributed by atoms with Crippen LogP contribution in [-0.4, -0.2) is 44.5 Å². The van der Waals surface area contributed by atoms with E-state index in [9.17, 15) is 9.90 Å². The first-order valence-corrected chi connectivity index (χ1v) is 8.01. The van der Waals surface area contributed by atoms with Crippen molar-refractivity contribution in [3.63, 3.8) is 0 Å². The molecule has 0 bridgehead atoms. The number of benzene rings is 1. The van der Waals surface area contributed by atoms with Crippen molar-refractivity contribution in [1.29, 1.82) is 0 Å². The molecule has 1 fully saturated rings. The van der Waals surface area contributed by atoms with Crippen LogP contribution in [0.1, 0.15) is 42.5 Å². The first-order chi connectivity index (χ1) is 11.2. The van der Waals surface area contributed by atoms with E-state index in [1.807, 2.05) is 0 Å². The van der Waals surface area contributed by atoms with Crippen molar-refractivity contribution >= 4 is 5.97 Å². The fraction of sp³-hybridized carbons (Fsp3) is 0.588. The minimum Gasteiger partial charge on any atom is -0.502 e. The Morgan fingerprint density at radius 3 is 2.35 bits per heavy atom. The lowest BCUT2D eigenvalue weighted by Crippen LogP contribution is -2.33. The van der Waals surface area contributed by atoms with Crippen LogP contribution >= 0.6 is 0 Å². The van der Waals surface area contributed by atoms with E-state index in [-0.39, 0.29) is 22.8 Å². The quantitative estimate of drug-likeness (QED) is 0.593. The third kappa shape index (κ3) is 4.76. The van der Waals surface area contributed by atoms with Crippen LogP contribution in [0.2, 0.25) is 0 Å². The van der Waals surface area contributed by atoms with Crippen LogP contribution in [-0.2, 0) is 4.74 Å². The Labute approximate surface area is 136 Å². The number of hydrogen-bond acceptors (Lipinski definition) is 6. The molecule has 1 aliphatic carbocycles. The van der Waals surface area contributed by atoms with Gasteiger partial charge in [-0.25, -0.2) is 4.79 Å². The number of ether oxygens (including phenoxy) is 3. The monoisotopic (exact) mass is 323 g/mol. The number of aromatic hydroxyl groups is 1. The largest absolute Gasteiger partial charge is 0.502 e. The molecular formula is C17H25NO5. The van der Waals surface area contributed by atoms with Gasteiger partial charge in [0.15, 0.2) is 11.5 Å². The van der Waals surface area contributed by atoms with Gasteiger partial charge in [0.05, 0.1) is 19.8 Å². The average molecular weight is 323 g/mol. The number of nitrogens with one attached hydrogen (secondary N) is 1. The van der Waals surface area contributed by atoms with Gasteiger partial charge in [0.1, 0.15) is 6.61 Å². The molecule has 6 nitrogen and oxygen atoms in total. The van der Waals surface area contributed by atoms with Crippen molar-refractivity contribution < 1.29 is 24.1 Å². The maximum absolute atomic E-state index is 12.1. The minimum absolute atomic E-state index is 0.134. The summed E-state index contributed by atoms with van der Waals surface area (Å²) < 4.78 is 15.3. The second kappa shape index (κ2) is 8.62. The van der Waals surface area contributed by atoms with Gasteiger partial charge in [-0.3, -0.25) is 0 Å². The van der Waals surface area contributed by atoms with Crippen LogP contribution in [0.5, 0.6) is 17.2 Å². The number of carbonyl (C=O) groups is 1. The number of rotatable bonds is 7. The highest BCUT2D eigenvalue weighted by atomic mass is 16.5. The van der Waals surface area contributed by atoms with Crippen molar-refractivity contribution in [2.75, 3.05) is 27.4 Å². The molecule has 23 heavy (non-hydrogen) atoms. The van der Waals surface area contributed by atoms with E-state index in [0.29, 0.717) is 19.2 Å². The van der Waals surface area contributed by atoms with Gasteiger partial charge in [0.2, 0.25) is 5.75 Å². The topological polar surface area (TPSA) is 77.0 Å². The molecule has 1 aromatic carbocycles. The summed E-state index contributed by atoms with van der Waals surface area (Å²) in [5.74, 6) is -0.245. The van der Waals surface area contributed by atoms with Gasteiger partial charge in [-0.1, -0.05) is 19.3 Å². The molecule has 0 radical (unpaired) electrons. The summed E-state index contributed by atoms with van der Waals surface area (Å²) in [5, 5.41) is 13.3. The number of hydrogen-bond donors (Lipinski definition) is 2. The van der Waals surface area contributed by atoms with Crippen molar-refractivity contribution in [3.05, 3.63) is 17.7 Å². The first kappa shape index (κ1) is 17.4. The first-order valence-electron chi connectivity index (χ1n) is 8.01. The van der Waals surface area contributed by atoms with E-state index >= 15 is 0 Å². The van der Waals surface area contributed by atoms with E-state index in [1.165, 1.54) is 58.5 Å². The van der Waals surface area contributed by atoms with Gasteiger partial charge in [-0.15, -0.1) is 0 Å². The third-order valence-corrected chi connectivity index (χ3v) is 4.09. The molecule has 1 aliphatic rings. The predicted molar refractivity (Wildman–Crippen MR) is 86.4 cm³/mol. The van der Waals surface area contributed by atoms with Crippen molar-refractivity contribution in [2.45, 2.75) is 38.1 Å². The lowest BCUT2D eigenvalue weighted by molar-refractivity contribution is 0.0503. The Balaban J connectivity index is 1.85. The molecule has 0 unspecified atom stereocenters. The number of methoxy groups -OCH3 is 2. The molecule has 6 heteroatoms. The highest BCUT2D eigenvalue weighted by Crippen LogP contribution is 2.37. The van der Waals surface area contributed by atoms with E-state index < -0.39 is 5.97 Å². The van der Waals surface area contributed by atoms with E-state index in [1.54, 1.807) is 0 Å². The molecule has 1 saturated carbocycles. The Kier molecular flexibility index (Phi) is 6.52. The van der Waals surface area contributed by atoms with Gasteiger partial charge in [-0.2, -0.15) is 0 Å². The van der Waals surface area contributed by atoms with Crippen LogP contribution in [0.4, 0.5) is 0 Å². The zero-order valence-corrected chi connectivity index (χ0v) is 13.8. The summed E-state index contributed by atoms with van der Waals surface area (Å²) in [6.07, 6.45) is 6.24. The standard InChI is InChI=1S/C17H25NO5/c1-21-14-10-12(11-15(22-2)16(14)19)17(20)23-9-8-18-13-6-4-3-5-7-13/h10-11,13,18-19H,3-9H2,1-2H3. The zero-order chi connectivity index (χ0) is 16.7. The lowest BCUT2D eigenvalue weighted by Gasteiger charge is -2.22. The van der Waals surface area contributed by atoms with E-state index in [0.717, 1.165) is 0 Å². The minimum atomic E-state index is -0.466. The lowest BCUT2D eigenvalue weighted by atomic mass is 9.96. The summed E-state index contributed by atoms with van der Waals surface area (Å²) >= 11 is 0. The Morgan fingerprint density at radius 2 is 1.78 bits per heavy atom. The van der Waals surface area contributed by atoms with Gasteiger partial charge in [0, 0.05) is 12.6 Å². The normalized spacial score (nSPS) is 15.2. The Hall–Kier alpha value is -1.95. The molecule has 2 rings (SSSR count). The summed E-state index contributed by atoms with van der Waals surface area (Å²) in [4.78, 5) is 12.1. The molecule has 0 atom stereocenters. The second-order valence-corrected chi connectivity index (χ2v) is 5.65. The average Bonchev–Trinajstić information content (AvgIpc) is 2.59. The molecule has 2 N–H and O–H groups in total. The summed E-state index contributed by atoms with van der Waals surface area (Å²) in [6, 6.07) is 3.42. The summed E-state index contributed by atoms with van der Waals surface area (Å²) in [5.41, 5.74) is 0.286. The van der Waals surface area contributed by atoms with Crippen molar-refractivity contribution in [1.82, 2.24) is 5.32 Å². The fourth-order valence-corrected chi connectivity index (χ4v) is 2.81. The molecule has 0 amide bonds. The van der Waals surface area contributed by atoms with Crippen LogP contribution in [0.25, 0.3) is 0 Å². The molecule has 0 saturated heterocycles. The SMILES string of the molecule is COc1cc(C(=O)OCCNC2CCCCC2)cc(OC)c1O. The highest BCUT2D eigenvalue weighted by Gasteiger charge is 2.17. The Morgan fingerprint density at radius 1 is 1.17 bits per heavy atom.